The molecule has 5 rings (SSSR count). The molecule has 0 aliphatic heterocycles. The van der Waals surface area contributed by atoms with Crippen molar-refractivity contribution in [2.75, 3.05) is 5.32 Å². The zero-order valence-electron chi connectivity index (χ0n) is 18.4. The third-order valence-electron chi connectivity index (χ3n) is 5.95. The molecule has 2 aromatic heterocycles. The molecule has 1 amide bonds. The second-order valence-corrected chi connectivity index (χ2v) is 8.82. The summed E-state index contributed by atoms with van der Waals surface area (Å²) in [4.78, 5) is 13.3. The monoisotopic (exact) mass is 471 g/mol. The fraction of sp³-hybridized carbons (Fsp3) is 0.154. The van der Waals surface area contributed by atoms with Gasteiger partial charge in [0.15, 0.2) is 0 Å². The number of hydrogen-bond donors (Lipinski definition) is 1. The molecule has 0 aliphatic carbocycles. The van der Waals surface area contributed by atoms with E-state index in [1.807, 2.05) is 37.3 Å². The van der Waals surface area contributed by atoms with Gasteiger partial charge >= 0.3 is 0 Å². The van der Waals surface area contributed by atoms with E-state index in [0.717, 1.165) is 27.7 Å². The summed E-state index contributed by atoms with van der Waals surface area (Å²) >= 11 is 1.30. The van der Waals surface area contributed by atoms with Gasteiger partial charge in [0.25, 0.3) is 0 Å². The molecule has 170 valence electrons. The van der Waals surface area contributed by atoms with Crippen LogP contribution in [0.25, 0.3) is 16.6 Å². The first kappa shape index (κ1) is 21.9. The molecule has 0 spiro atoms. The normalized spacial score (nSPS) is 13.0. The van der Waals surface area contributed by atoms with Gasteiger partial charge in [-0.15, -0.1) is 10.2 Å². The van der Waals surface area contributed by atoms with Gasteiger partial charge in [0.05, 0.1) is 17.4 Å². The topological polar surface area (TPSA) is 72.7 Å². The highest BCUT2D eigenvalue weighted by Crippen LogP contribution is 2.36. The van der Waals surface area contributed by atoms with E-state index in [1.165, 1.54) is 23.5 Å². The van der Waals surface area contributed by atoms with Crippen LogP contribution in [-0.4, -0.2) is 25.9 Å². The zero-order valence-corrected chi connectivity index (χ0v) is 19.2. The van der Waals surface area contributed by atoms with Crippen LogP contribution in [0, 0.1) is 11.7 Å². The van der Waals surface area contributed by atoms with Crippen molar-refractivity contribution in [2.24, 2.45) is 5.92 Å². The van der Waals surface area contributed by atoms with Crippen LogP contribution >= 0.6 is 11.3 Å². The maximum absolute atomic E-state index is 13.4. The van der Waals surface area contributed by atoms with Gasteiger partial charge in [0, 0.05) is 17.2 Å². The Morgan fingerprint density at radius 3 is 2.56 bits per heavy atom. The Morgan fingerprint density at radius 1 is 1.06 bits per heavy atom. The molecule has 3 aromatic carbocycles. The smallest absolute Gasteiger partial charge is 0.230 e. The van der Waals surface area contributed by atoms with E-state index in [2.05, 4.69) is 38.8 Å². The van der Waals surface area contributed by atoms with Crippen LogP contribution in [0.15, 0.2) is 84.5 Å². The highest BCUT2D eigenvalue weighted by atomic mass is 32.1. The van der Waals surface area contributed by atoms with E-state index in [0.29, 0.717) is 11.6 Å². The largest absolute Gasteiger partial charge is 0.300 e. The van der Waals surface area contributed by atoms with Crippen molar-refractivity contribution in [3.63, 3.8) is 0 Å². The highest BCUT2D eigenvalue weighted by Gasteiger charge is 2.30. The number of amides is 1. The summed E-state index contributed by atoms with van der Waals surface area (Å²) in [5.41, 5.74) is 5.38. The lowest BCUT2D eigenvalue weighted by Crippen LogP contribution is -2.28. The van der Waals surface area contributed by atoms with Crippen LogP contribution in [0.4, 0.5) is 9.52 Å². The molecule has 0 saturated carbocycles. The van der Waals surface area contributed by atoms with Crippen molar-refractivity contribution in [3.05, 3.63) is 101 Å². The third kappa shape index (κ3) is 4.32. The number of rotatable bonds is 7. The Balaban J connectivity index is 1.55. The van der Waals surface area contributed by atoms with E-state index in [4.69, 9.17) is 0 Å². The van der Waals surface area contributed by atoms with Gasteiger partial charge in [-0.05, 0) is 53.9 Å². The summed E-state index contributed by atoms with van der Waals surface area (Å²) in [5.74, 6) is -0.839. The maximum atomic E-state index is 13.4. The van der Waals surface area contributed by atoms with Crippen molar-refractivity contribution in [1.82, 2.24) is 20.0 Å². The van der Waals surface area contributed by atoms with Gasteiger partial charge in [0.1, 0.15) is 11.3 Å². The average Bonchev–Trinajstić information content (AvgIpc) is 3.53. The number of carbonyl (C=O) groups excluding carboxylic acids is 1. The number of carbonyl (C=O) groups is 1. The summed E-state index contributed by atoms with van der Waals surface area (Å²) < 4.78 is 15.2. The first-order chi connectivity index (χ1) is 16.6. The quantitative estimate of drug-likeness (QED) is 0.325. The SMILES string of the molecule is CCC(C(=O)Nc1nncs1)C(c1ccccc1)c1ccc2c(cnn2-c2ccc(F)cc2)c1. The number of halogens is 1. The Kier molecular flexibility index (Phi) is 6.14. The Bertz CT molecular complexity index is 1400. The minimum absolute atomic E-state index is 0.0878. The molecule has 0 saturated heterocycles. The summed E-state index contributed by atoms with van der Waals surface area (Å²) in [5, 5.41) is 16.6. The molecule has 6 nitrogen and oxygen atoms in total. The minimum Gasteiger partial charge on any atom is -0.300 e. The minimum atomic E-state index is -0.309. The molecule has 8 heteroatoms. The van der Waals surface area contributed by atoms with Gasteiger partial charge < -0.3 is 5.32 Å². The van der Waals surface area contributed by atoms with Crippen molar-refractivity contribution < 1.29 is 9.18 Å². The van der Waals surface area contributed by atoms with Crippen LogP contribution < -0.4 is 5.32 Å². The van der Waals surface area contributed by atoms with E-state index in [1.54, 1.807) is 28.5 Å². The third-order valence-corrected chi connectivity index (χ3v) is 6.56. The Morgan fingerprint density at radius 2 is 1.85 bits per heavy atom. The number of anilines is 1. The summed E-state index contributed by atoms with van der Waals surface area (Å²) in [6, 6.07) is 22.4. The number of nitrogens with one attached hydrogen (secondary N) is 1. The van der Waals surface area contributed by atoms with Crippen molar-refractivity contribution in [2.45, 2.75) is 19.3 Å². The van der Waals surface area contributed by atoms with E-state index >= 15 is 0 Å². The van der Waals surface area contributed by atoms with Gasteiger partial charge in [-0.25, -0.2) is 9.07 Å². The van der Waals surface area contributed by atoms with Gasteiger partial charge in [-0.3, -0.25) is 4.79 Å². The maximum Gasteiger partial charge on any atom is 0.230 e. The number of nitrogens with zero attached hydrogens (tertiary/aromatic N) is 4. The molecular weight excluding hydrogens is 449 g/mol. The fourth-order valence-corrected chi connectivity index (χ4v) is 4.80. The van der Waals surface area contributed by atoms with Crippen molar-refractivity contribution in [1.29, 1.82) is 0 Å². The molecule has 34 heavy (non-hydrogen) atoms. The molecule has 2 atom stereocenters. The van der Waals surface area contributed by atoms with Crippen LogP contribution in [0.1, 0.15) is 30.4 Å². The second-order valence-electron chi connectivity index (χ2n) is 7.99. The lowest BCUT2D eigenvalue weighted by molar-refractivity contribution is -0.120. The molecular formula is C26H22FN5OS. The van der Waals surface area contributed by atoms with Crippen LogP contribution in [0.3, 0.4) is 0 Å². The van der Waals surface area contributed by atoms with Gasteiger partial charge in [-0.1, -0.05) is 54.7 Å². The summed E-state index contributed by atoms with van der Waals surface area (Å²) in [6.45, 7) is 2.02. The molecule has 0 radical (unpaired) electrons. The van der Waals surface area contributed by atoms with Gasteiger partial charge in [0.2, 0.25) is 11.0 Å². The standard InChI is InChI=1S/C26H22FN5OS/c1-2-22(25(33)30-26-31-28-16-34-26)24(17-6-4-3-5-7-17)18-8-13-23-19(14-18)15-29-32(23)21-11-9-20(27)10-12-21/h3-16,22,24H,2H2,1H3,(H,30,31,33). The highest BCUT2D eigenvalue weighted by molar-refractivity contribution is 7.13. The van der Waals surface area contributed by atoms with Crippen LogP contribution in [0.2, 0.25) is 0 Å². The molecule has 2 heterocycles. The Hall–Kier alpha value is -3.91. The number of fused-ring (bicyclic) bond motifs is 1. The second kappa shape index (κ2) is 9.52. The summed E-state index contributed by atoms with van der Waals surface area (Å²) in [7, 11) is 0. The molecule has 0 bridgehead atoms. The lowest BCUT2D eigenvalue weighted by Gasteiger charge is -2.26. The number of hydrogen-bond acceptors (Lipinski definition) is 5. The van der Waals surface area contributed by atoms with Crippen molar-refractivity contribution >= 4 is 33.3 Å². The summed E-state index contributed by atoms with van der Waals surface area (Å²) in [6.07, 6.45) is 2.45. The fourth-order valence-electron chi connectivity index (χ4n) is 4.35. The van der Waals surface area contributed by atoms with Gasteiger partial charge in [-0.2, -0.15) is 5.10 Å². The molecule has 1 N–H and O–H groups in total. The first-order valence-corrected chi connectivity index (χ1v) is 11.9. The zero-order chi connectivity index (χ0) is 23.5. The molecule has 5 aromatic rings. The first-order valence-electron chi connectivity index (χ1n) is 11.0. The number of benzene rings is 3. The number of aromatic nitrogens is 4. The molecule has 0 fully saturated rings. The van der Waals surface area contributed by atoms with E-state index in [9.17, 15) is 9.18 Å². The van der Waals surface area contributed by atoms with E-state index in [-0.39, 0.29) is 23.6 Å². The molecule has 0 aliphatic rings. The van der Waals surface area contributed by atoms with E-state index < -0.39 is 0 Å². The van der Waals surface area contributed by atoms with Crippen LogP contribution in [-0.2, 0) is 4.79 Å². The predicted molar refractivity (Wildman–Crippen MR) is 132 cm³/mol. The lowest BCUT2D eigenvalue weighted by atomic mass is 9.78. The van der Waals surface area contributed by atoms with Crippen LogP contribution in [0.5, 0.6) is 0 Å². The predicted octanol–water partition coefficient (Wildman–Crippen LogP) is 5.81. The van der Waals surface area contributed by atoms with Crippen molar-refractivity contribution in [3.8, 4) is 5.69 Å². The Labute approximate surface area is 200 Å². The molecule has 2 unspecified atom stereocenters. The average molecular weight is 472 g/mol.